The third kappa shape index (κ3) is 3.86. The minimum absolute atomic E-state index is 0.463. The van der Waals surface area contributed by atoms with Crippen molar-refractivity contribution in [2.75, 3.05) is 5.88 Å². The van der Waals surface area contributed by atoms with Gasteiger partial charge < -0.3 is 0 Å². The largest absolute Gasteiger partial charge is 0.126 e. The third-order valence-electron chi connectivity index (χ3n) is 2.64. The lowest BCUT2D eigenvalue weighted by Gasteiger charge is -2.18. The van der Waals surface area contributed by atoms with Crippen LogP contribution in [0.1, 0.15) is 19.4 Å². The van der Waals surface area contributed by atoms with E-state index in [1.54, 1.807) is 6.07 Å². The third-order valence-corrected chi connectivity index (χ3v) is 3.62. The molecule has 0 saturated heterocycles. The van der Waals surface area contributed by atoms with Gasteiger partial charge >= 0.3 is 0 Å². The molecular formula is C12H15Cl3. The monoisotopic (exact) mass is 264 g/mol. The van der Waals surface area contributed by atoms with E-state index in [0.717, 1.165) is 17.0 Å². The summed E-state index contributed by atoms with van der Waals surface area (Å²) >= 11 is 17.9. The van der Waals surface area contributed by atoms with E-state index in [4.69, 9.17) is 34.8 Å². The van der Waals surface area contributed by atoms with Crippen molar-refractivity contribution in [1.82, 2.24) is 0 Å². The Morgan fingerprint density at radius 2 is 1.87 bits per heavy atom. The molecule has 0 nitrogen and oxygen atoms in total. The molecule has 0 saturated carbocycles. The van der Waals surface area contributed by atoms with Gasteiger partial charge in [0.2, 0.25) is 0 Å². The number of halogens is 3. The molecule has 0 fully saturated rings. The summed E-state index contributed by atoms with van der Waals surface area (Å²) in [6, 6.07) is 5.63. The molecule has 0 heterocycles. The van der Waals surface area contributed by atoms with Crippen molar-refractivity contribution < 1.29 is 0 Å². The Labute approximate surface area is 107 Å². The maximum absolute atomic E-state index is 6.11. The maximum atomic E-state index is 6.11. The van der Waals surface area contributed by atoms with Crippen LogP contribution in [-0.4, -0.2) is 5.88 Å². The molecule has 0 bridgehead atoms. The molecule has 0 aliphatic heterocycles. The van der Waals surface area contributed by atoms with E-state index in [1.165, 1.54) is 0 Å². The summed E-state index contributed by atoms with van der Waals surface area (Å²) in [7, 11) is 0. The molecule has 0 amide bonds. The summed E-state index contributed by atoms with van der Waals surface area (Å²) in [5.41, 5.74) is 1.13. The molecule has 1 unspecified atom stereocenters. The number of hydrogen-bond donors (Lipinski definition) is 0. The Morgan fingerprint density at radius 1 is 1.20 bits per heavy atom. The zero-order valence-corrected chi connectivity index (χ0v) is 11.2. The Morgan fingerprint density at radius 3 is 2.33 bits per heavy atom. The second kappa shape index (κ2) is 5.98. The highest BCUT2D eigenvalue weighted by atomic mass is 35.5. The van der Waals surface area contributed by atoms with Crippen LogP contribution in [-0.2, 0) is 6.42 Å². The summed E-state index contributed by atoms with van der Waals surface area (Å²) in [6.07, 6.45) is 0.914. The van der Waals surface area contributed by atoms with E-state index in [0.29, 0.717) is 22.7 Å². The van der Waals surface area contributed by atoms with Crippen LogP contribution in [0, 0.1) is 11.8 Å². The Bertz CT molecular complexity index is 321. The van der Waals surface area contributed by atoms with Gasteiger partial charge in [-0.25, -0.2) is 0 Å². The molecule has 1 aromatic rings. The average molecular weight is 266 g/mol. The molecule has 0 aromatic heterocycles. The summed E-state index contributed by atoms with van der Waals surface area (Å²) in [4.78, 5) is 0. The molecule has 3 heteroatoms. The predicted octanol–water partition coefficient (Wildman–Crippen LogP) is 5.05. The first-order valence-corrected chi connectivity index (χ1v) is 6.33. The second-order valence-electron chi connectivity index (χ2n) is 4.10. The van der Waals surface area contributed by atoms with E-state index >= 15 is 0 Å². The topological polar surface area (TPSA) is 0 Å². The highest BCUT2D eigenvalue weighted by Crippen LogP contribution is 2.26. The Balaban J connectivity index is 2.79. The SMILES string of the molecule is CC(C)C(CCl)Cc1ccc(Cl)cc1Cl. The quantitative estimate of drug-likeness (QED) is 0.669. The van der Waals surface area contributed by atoms with E-state index in [1.807, 2.05) is 12.1 Å². The second-order valence-corrected chi connectivity index (χ2v) is 5.25. The van der Waals surface area contributed by atoms with Crippen LogP contribution in [0.3, 0.4) is 0 Å². The predicted molar refractivity (Wildman–Crippen MR) is 69.2 cm³/mol. The Kier molecular flexibility index (Phi) is 5.25. The summed E-state index contributed by atoms with van der Waals surface area (Å²) in [5, 5.41) is 1.41. The van der Waals surface area contributed by atoms with Crippen molar-refractivity contribution in [2.45, 2.75) is 20.3 Å². The van der Waals surface area contributed by atoms with Gasteiger partial charge in [-0.2, -0.15) is 0 Å². The van der Waals surface area contributed by atoms with Gasteiger partial charge in [0.25, 0.3) is 0 Å². The zero-order chi connectivity index (χ0) is 11.4. The summed E-state index contributed by atoms with van der Waals surface area (Å²) < 4.78 is 0. The van der Waals surface area contributed by atoms with Crippen molar-refractivity contribution in [1.29, 1.82) is 0 Å². The lowest BCUT2D eigenvalue weighted by molar-refractivity contribution is 0.422. The highest BCUT2D eigenvalue weighted by molar-refractivity contribution is 6.35. The zero-order valence-electron chi connectivity index (χ0n) is 8.93. The van der Waals surface area contributed by atoms with E-state index in [2.05, 4.69) is 13.8 Å². The minimum atomic E-state index is 0.463. The first kappa shape index (κ1) is 13.2. The van der Waals surface area contributed by atoms with E-state index < -0.39 is 0 Å². The van der Waals surface area contributed by atoms with Gasteiger partial charge in [0.15, 0.2) is 0 Å². The van der Waals surface area contributed by atoms with Gasteiger partial charge in [0.1, 0.15) is 0 Å². The van der Waals surface area contributed by atoms with Crippen LogP contribution in [0.15, 0.2) is 18.2 Å². The number of hydrogen-bond acceptors (Lipinski definition) is 0. The van der Waals surface area contributed by atoms with E-state index in [9.17, 15) is 0 Å². The normalized spacial score (nSPS) is 13.2. The number of rotatable bonds is 4. The molecule has 1 aromatic carbocycles. The fourth-order valence-electron chi connectivity index (χ4n) is 1.44. The standard InChI is InChI=1S/C12H15Cl3/c1-8(2)10(7-13)5-9-3-4-11(14)6-12(9)15/h3-4,6,8,10H,5,7H2,1-2H3. The first-order chi connectivity index (χ1) is 7.04. The highest BCUT2D eigenvalue weighted by Gasteiger charge is 2.14. The number of alkyl halides is 1. The summed E-state index contributed by atoms with van der Waals surface area (Å²) in [6.45, 7) is 4.35. The van der Waals surface area contributed by atoms with Crippen LogP contribution in [0.4, 0.5) is 0 Å². The van der Waals surface area contributed by atoms with Crippen molar-refractivity contribution >= 4 is 34.8 Å². The molecule has 0 radical (unpaired) electrons. The van der Waals surface area contributed by atoms with Gasteiger partial charge in [0.05, 0.1) is 0 Å². The fraction of sp³-hybridized carbons (Fsp3) is 0.500. The fourth-order valence-corrected chi connectivity index (χ4v) is 2.39. The molecule has 1 atom stereocenters. The molecular weight excluding hydrogens is 250 g/mol. The summed E-state index contributed by atoms with van der Waals surface area (Å²) in [5.74, 6) is 1.69. The first-order valence-electron chi connectivity index (χ1n) is 5.04. The van der Waals surface area contributed by atoms with Crippen molar-refractivity contribution in [3.8, 4) is 0 Å². The maximum Gasteiger partial charge on any atom is 0.0452 e. The number of benzene rings is 1. The smallest absolute Gasteiger partial charge is 0.0452 e. The van der Waals surface area contributed by atoms with Crippen LogP contribution in [0.2, 0.25) is 10.0 Å². The van der Waals surface area contributed by atoms with Crippen molar-refractivity contribution in [3.63, 3.8) is 0 Å². The van der Waals surface area contributed by atoms with Gasteiger partial charge in [-0.05, 0) is 36.0 Å². The minimum Gasteiger partial charge on any atom is -0.126 e. The van der Waals surface area contributed by atoms with Crippen LogP contribution < -0.4 is 0 Å². The van der Waals surface area contributed by atoms with Gasteiger partial charge in [-0.1, -0.05) is 43.1 Å². The van der Waals surface area contributed by atoms with Crippen molar-refractivity contribution in [3.05, 3.63) is 33.8 Å². The lowest BCUT2D eigenvalue weighted by Crippen LogP contribution is -2.13. The molecule has 0 aliphatic carbocycles. The van der Waals surface area contributed by atoms with Crippen LogP contribution >= 0.6 is 34.8 Å². The van der Waals surface area contributed by atoms with Gasteiger partial charge in [0, 0.05) is 15.9 Å². The lowest BCUT2D eigenvalue weighted by atomic mass is 9.91. The van der Waals surface area contributed by atoms with E-state index in [-0.39, 0.29) is 0 Å². The molecule has 1 rings (SSSR count). The molecule has 84 valence electrons. The Hall–Kier alpha value is 0.0900. The molecule has 0 aliphatic rings. The van der Waals surface area contributed by atoms with Crippen LogP contribution in [0.25, 0.3) is 0 Å². The average Bonchev–Trinajstić information content (AvgIpc) is 2.16. The molecule has 0 N–H and O–H groups in total. The van der Waals surface area contributed by atoms with Gasteiger partial charge in [-0.15, -0.1) is 11.6 Å². The van der Waals surface area contributed by atoms with Gasteiger partial charge in [-0.3, -0.25) is 0 Å². The van der Waals surface area contributed by atoms with Crippen molar-refractivity contribution in [2.24, 2.45) is 11.8 Å². The molecule has 0 spiro atoms. The van der Waals surface area contributed by atoms with Crippen LogP contribution in [0.5, 0.6) is 0 Å². The molecule has 15 heavy (non-hydrogen) atoms.